The molecule has 1 aliphatic carbocycles. The first-order valence-electron chi connectivity index (χ1n) is 12.2. The van der Waals surface area contributed by atoms with Crippen LogP contribution in [-0.2, 0) is 5.41 Å². The maximum atomic E-state index is 5.04. The van der Waals surface area contributed by atoms with Crippen LogP contribution in [0.5, 0.6) is 0 Å². The Labute approximate surface area is 207 Å². The quantitative estimate of drug-likeness (QED) is 0.264. The van der Waals surface area contributed by atoms with Crippen LogP contribution in [0.2, 0.25) is 0 Å². The predicted molar refractivity (Wildman–Crippen MR) is 145 cm³/mol. The van der Waals surface area contributed by atoms with Gasteiger partial charge in [-0.1, -0.05) is 68.4 Å². The molecule has 4 aromatic carbocycles. The number of benzene rings is 4. The van der Waals surface area contributed by atoms with Crippen molar-refractivity contribution in [1.29, 1.82) is 0 Å². The number of aromatic nitrogens is 5. The van der Waals surface area contributed by atoms with Gasteiger partial charge < -0.3 is 0 Å². The van der Waals surface area contributed by atoms with Crippen molar-refractivity contribution in [3.63, 3.8) is 0 Å². The molecule has 0 atom stereocenters. The Bertz CT molecular complexity index is 2030. The van der Waals surface area contributed by atoms with Crippen molar-refractivity contribution in [1.82, 2.24) is 24.5 Å². The SMILES string of the molecule is CC1(C)c2ccccc2-c2ccc3c4cc5nccnc5cc4n(-c4ncc5ccccc5n4)c3c21. The lowest BCUT2D eigenvalue weighted by molar-refractivity contribution is 0.663. The highest BCUT2D eigenvalue weighted by molar-refractivity contribution is 6.15. The van der Waals surface area contributed by atoms with E-state index >= 15 is 0 Å². The monoisotopic (exact) mass is 463 g/mol. The summed E-state index contributed by atoms with van der Waals surface area (Å²) in [5, 5.41) is 3.33. The predicted octanol–water partition coefficient (Wildman–Crippen LogP) is 6.98. The van der Waals surface area contributed by atoms with E-state index in [0.717, 1.165) is 38.4 Å². The molecule has 1 aliphatic rings. The Kier molecular flexibility index (Phi) is 3.67. The van der Waals surface area contributed by atoms with Gasteiger partial charge in [-0.15, -0.1) is 0 Å². The van der Waals surface area contributed by atoms with E-state index in [-0.39, 0.29) is 5.41 Å². The van der Waals surface area contributed by atoms with Gasteiger partial charge in [0.15, 0.2) is 0 Å². The fourth-order valence-electron chi connectivity index (χ4n) is 6.09. The molecule has 5 heteroatoms. The minimum absolute atomic E-state index is 0.176. The molecule has 0 unspecified atom stereocenters. The summed E-state index contributed by atoms with van der Waals surface area (Å²) in [6, 6.07) is 25.7. The lowest BCUT2D eigenvalue weighted by Crippen LogP contribution is -2.17. The summed E-state index contributed by atoms with van der Waals surface area (Å²) < 4.78 is 2.23. The van der Waals surface area contributed by atoms with Gasteiger partial charge in [-0.05, 0) is 40.5 Å². The summed E-state index contributed by atoms with van der Waals surface area (Å²) in [5.41, 5.74) is 9.88. The lowest BCUT2D eigenvalue weighted by Gasteiger charge is -2.23. The van der Waals surface area contributed by atoms with E-state index in [1.165, 1.54) is 27.6 Å². The molecule has 0 saturated heterocycles. The van der Waals surface area contributed by atoms with Crippen molar-refractivity contribution in [2.45, 2.75) is 19.3 Å². The van der Waals surface area contributed by atoms with E-state index < -0.39 is 0 Å². The average Bonchev–Trinajstić information content (AvgIpc) is 3.35. The molecule has 0 aliphatic heterocycles. The molecule has 7 aromatic rings. The summed E-state index contributed by atoms with van der Waals surface area (Å²) in [7, 11) is 0. The van der Waals surface area contributed by atoms with Gasteiger partial charge in [-0.3, -0.25) is 14.5 Å². The maximum Gasteiger partial charge on any atom is 0.235 e. The van der Waals surface area contributed by atoms with Crippen LogP contribution in [0.1, 0.15) is 25.0 Å². The molecule has 3 heterocycles. The van der Waals surface area contributed by atoms with Gasteiger partial charge in [0.05, 0.1) is 27.6 Å². The van der Waals surface area contributed by atoms with Crippen molar-refractivity contribution in [3.05, 3.63) is 103 Å². The Hall–Kier alpha value is -4.64. The maximum absolute atomic E-state index is 5.04. The van der Waals surface area contributed by atoms with E-state index in [1.807, 2.05) is 30.5 Å². The van der Waals surface area contributed by atoms with Crippen LogP contribution in [0.15, 0.2) is 91.4 Å². The Morgan fingerprint density at radius 3 is 2.36 bits per heavy atom. The van der Waals surface area contributed by atoms with Crippen LogP contribution in [-0.4, -0.2) is 24.5 Å². The molecular weight excluding hydrogens is 442 g/mol. The minimum Gasteiger partial charge on any atom is -0.277 e. The van der Waals surface area contributed by atoms with Crippen molar-refractivity contribution in [2.75, 3.05) is 0 Å². The number of rotatable bonds is 1. The first kappa shape index (κ1) is 19.6. The molecule has 3 aromatic heterocycles. The van der Waals surface area contributed by atoms with Gasteiger partial charge in [0.1, 0.15) is 0 Å². The van der Waals surface area contributed by atoms with Crippen molar-refractivity contribution < 1.29 is 0 Å². The van der Waals surface area contributed by atoms with Crippen LogP contribution < -0.4 is 0 Å². The highest BCUT2D eigenvalue weighted by Gasteiger charge is 2.38. The Morgan fingerprint density at radius 2 is 1.47 bits per heavy atom. The number of para-hydroxylation sites is 1. The zero-order chi connectivity index (χ0) is 24.0. The molecule has 36 heavy (non-hydrogen) atoms. The standard InChI is InChI=1S/C31H21N5/c1-31(2)23-9-5-4-8-19(23)20-11-12-21-22-15-25-26(33-14-13-32-25)16-27(22)36(29(21)28(20)31)30-34-17-18-7-3-6-10-24(18)35-30/h3-17H,1-2H3. The van der Waals surface area contributed by atoms with Gasteiger partial charge in [0, 0.05) is 40.2 Å². The van der Waals surface area contributed by atoms with Crippen molar-refractivity contribution in [3.8, 4) is 17.1 Å². The second-order valence-corrected chi connectivity index (χ2v) is 10.0. The van der Waals surface area contributed by atoms with Gasteiger partial charge in [-0.2, -0.15) is 0 Å². The van der Waals surface area contributed by atoms with Gasteiger partial charge in [-0.25, -0.2) is 9.97 Å². The molecule has 0 N–H and O–H groups in total. The average molecular weight is 464 g/mol. The molecule has 0 amide bonds. The number of nitrogens with zero attached hydrogens (tertiary/aromatic N) is 5. The second kappa shape index (κ2) is 6.73. The van der Waals surface area contributed by atoms with Gasteiger partial charge >= 0.3 is 0 Å². The smallest absolute Gasteiger partial charge is 0.235 e. The van der Waals surface area contributed by atoms with Gasteiger partial charge in [0.2, 0.25) is 5.95 Å². The molecule has 0 spiro atoms. The van der Waals surface area contributed by atoms with E-state index in [4.69, 9.17) is 9.97 Å². The summed E-state index contributed by atoms with van der Waals surface area (Å²) >= 11 is 0. The zero-order valence-electron chi connectivity index (χ0n) is 19.9. The summed E-state index contributed by atoms with van der Waals surface area (Å²) in [5.74, 6) is 0.664. The van der Waals surface area contributed by atoms with E-state index in [1.54, 1.807) is 12.4 Å². The van der Waals surface area contributed by atoms with Crippen LogP contribution in [0, 0.1) is 0 Å². The normalized spacial score (nSPS) is 14.1. The third kappa shape index (κ3) is 2.44. The molecule has 0 radical (unpaired) electrons. The highest BCUT2D eigenvalue weighted by Crippen LogP contribution is 2.52. The third-order valence-electron chi connectivity index (χ3n) is 7.71. The first-order valence-corrected chi connectivity index (χ1v) is 12.2. The van der Waals surface area contributed by atoms with Crippen LogP contribution in [0.25, 0.3) is 60.8 Å². The molecule has 8 rings (SSSR count). The fraction of sp³-hybridized carbons (Fsp3) is 0.0968. The molecule has 5 nitrogen and oxygen atoms in total. The van der Waals surface area contributed by atoms with E-state index in [9.17, 15) is 0 Å². The summed E-state index contributed by atoms with van der Waals surface area (Å²) in [6.45, 7) is 4.64. The number of hydrogen-bond donors (Lipinski definition) is 0. The zero-order valence-corrected chi connectivity index (χ0v) is 19.9. The van der Waals surface area contributed by atoms with Crippen LogP contribution >= 0.6 is 0 Å². The van der Waals surface area contributed by atoms with Crippen molar-refractivity contribution >= 4 is 43.7 Å². The van der Waals surface area contributed by atoms with Crippen molar-refractivity contribution in [2.24, 2.45) is 0 Å². The molecule has 170 valence electrons. The largest absolute Gasteiger partial charge is 0.277 e. The number of fused-ring (bicyclic) bond motifs is 9. The summed E-state index contributed by atoms with van der Waals surface area (Å²) in [4.78, 5) is 19.1. The van der Waals surface area contributed by atoms with E-state index in [2.05, 4.69) is 76.9 Å². The fourth-order valence-corrected chi connectivity index (χ4v) is 6.09. The molecular formula is C31H21N5. The molecule has 0 fully saturated rings. The first-order chi connectivity index (χ1) is 17.6. The molecule has 0 saturated carbocycles. The third-order valence-corrected chi connectivity index (χ3v) is 7.71. The number of hydrogen-bond acceptors (Lipinski definition) is 4. The van der Waals surface area contributed by atoms with Gasteiger partial charge in [0.25, 0.3) is 0 Å². The second-order valence-electron chi connectivity index (χ2n) is 10.0. The topological polar surface area (TPSA) is 56.5 Å². The Morgan fingerprint density at radius 1 is 0.694 bits per heavy atom. The Balaban J connectivity index is 1.59. The summed E-state index contributed by atoms with van der Waals surface area (Å²) in [6.07, 6.45) is 5.40. The minimum atomic E-state index is -0.176. The van der Waals surface area contributed by atoms with E-state index in [0.29, 0.717) is 5.95 Å². The van der Waals surface area contributed by atoms with Crippen LogP contribution in [0.4, 0.5) is 0 Å². The lowest BCUT2D eigenvalue weighted by atomic mass is 9.81. The van der Waals surface area contributed by atoms with Crippen LogP contribution in [0.3, 0.4) is 0 Å². The molecule has 0 bridgehead atoms. The highest BCUT2D eigenvalue weighted by atomic mass is 15.2.